The fourth-order valence-electron chi connectivity index (χ4n) is 1.88. The van der Waals surface area contributed by atoms with Crippen LogP contribution in [-0.4, -0.2) is 30.9 Å². The van der Waals surface area contributed by atoms with Gasteiger partial charge in [-0.3, -0.25) is 9.59 Å². The number of hydrogen-bond donors (Lipinski definition) is 1. The molecule has 1 aliphatic rings. The minimum Gasteiger partial charge on any atom is -0.462 e. The molecule has 2 heterocycles. The largest absolute Gasteiger partial charge is 0.462 e. The minimum atomic E-state index is -0.318. The van der Waals surface area contributed by atoms with Gasteiger partial charge in [-0.05, 0) is 58.8 Å². The average molecular weight is 315 g/mol. The van der Waals surface area contributed by atoms with E-state index in [0.717, 1.165) is 37.3 Å². The second kappa shape index (κ2) is 8.24. The molecule has 1 aromatic rings. The van der Waals surface area contributed by atoms with Crippen LogP contribution in [0.25, 0.3) is 0 Å². The number of piperidine rings is 1. The van der Waals surface area contributed by atoms with Gasteiger partial charge in [-0.2, -0.15) is 4.39 Å². The molecule has 0 bridgehead atoms. The van der Waals surface area contributed by atoms with E-state index >= 15 is 0 Å². The van der Waals surface area contributed by atoms with E-state index in [1.54, 1.807) is 6.07 Å². The highest BCUT2D eigenvalue weighted by Gasteiger charge is 2.23. The molecule has 4 nitrogen and oxygen atoms in total. The van der Waals surface area contributed by atoms with Gasteiger partial charge in [0.05, 0.1) is 4.88 Å². The molecule has 1 N–H and O–H groups in total. The van der Waals surface area contributed by atoms with Crippen molar-refractivity contribution in [3.05, 3.63) is 22.1 Å². The Morgan fingerprint density at radius 3 is 2.38 bits per heavy atom. The number of nitrogens with one attached hydrogen (secondary N) is 1. The number of ketones is 1. The Kier molecular flexibility index (Phi) is 6.98. The Balaban J connectivity index is 0.000000270. The summed E-state index contributed by atoms with van der Waals surface area (Å²) in [4.78, 5) is 22.0. The first-order valence-electron chi connectivity index (χ1n) is 6.95. The Labute approximate surface area is 128 Å². The molecule has 6 heteroatoms. The van der Waals surface area contributed by atoms with Gasteiger partial charge in [0.1, 0.15) is 5.60 Å². The molecular weight excluding hydrogens is 293 g/mol. The summed E-state index contributed by atoms with van der Waals surface area (Å²) in [6.45, 7) is 7.71. The maximum atomic E-state index is 12.7. The Morgan fingerprint density at radius 2 is 2.00 bits per heavy atom. The third kappa shape index (κ3) is 6.82. The highest BCUT2D eigenvalue weighted by Crippen LogP contribution is 2.22. The van der Waals surface area contributed by atoms with Gasteiger partial charge in [0.25, 0.3) is 6.47 Å². The average Bonchev–Trinajstić information content (AvgIpc) is 2.85. The van der Waals surface area contributed by atoms with E-state index in [-0.39, 0.29) is 22.4 Å². The summed E-state index contributed by atoms with van der Waals surface area (Å²) in [7, 11) is 0. The minimum absolute atomic E-state index is 0.0919. The molecular formula is C15H22FNO3S. The van der Waals surface area contributed by atoms with Gasteiger partial charge < -0.3 is 10.1 Å². The summed E-state index contributed by atoms with van der Waals surface area (Å²) < 4.78 is 17.3. The molecule has 0 radical (unpaired) electrons. The van der Waals surface area contributed by atoms with Crippen LogP contribution >= 0.6 is 11.3 Å². The lowest BCUT2D eigenvalue weighted by atomic mass is 9.93. The second-order valence-corrected chi connectivity index (χ2v) is 6.85. The molecule has 0 saturated carbocycles. The van der Waals surface area contributed by atoms with E-state index < -0.39 is 0 Å². The van der Waals surface area contributed by atoms with Crippen molar-refractivity contribution in [3.8, 4) is 0 Å². The molecule has 0 aliphatic carbocycles. The number of thiophene rings is 1. The zero-order valence-corrected chi connectivity index (χ0v) is 13.5. The summed E-state index contributed by atoms with van der Waals surface area (Å²) in [6.07, 6.45) is 1.75. The second-order valence-electron chi connectivity index (χ2n) is 5.82. The van der Waals surface area contributed by atoms with Crippen molar-refractivity contribution in [2.45, 2.75) is 39.2 Å². The van der Waals surface area contributed by atoms with Crippen LogP contribution in [-0.2, 0) is 9.53 Å². The number of hydrogen-bond acceptors (Lipinski definition) is 5. The Morgan fingerprint density at radius 1 is 1.38 bits per heavy atom. The quantitative estimate of drug-likeness (QED) is 0.688. The van der Waals surface area contributed by atoms with Gasteiger partial charge in [0.15, 0.2) is 10.9 Å². The number of Topliss-reactive ketones (excluding diaryl/α,β-unsaturated/α-hetero) is 1. The van der Waals surface area contributed by atoms with E-state index in [1.165, 1.54) is 6.07 Å². The molecule has 0 aromatic carbocycles. The standard InChI is InChI=1S/C10H12FNOS.C5H10O2/c11-9-2-1-8(14-9)10(13)7-3-5-12-6-4-7;1-5(2,3)7-4-6/h1-2,7,12H,3-6H2;4H,1-3H3. The first kappa shape index (κ1) is 17.8. The smallest absolute Gasteiger partial charge is 0.293 e. The molecule has 1 aromatic heterocycles. The fraction of sp³-hybridized carbons (Fsp3) is 0.600. The van der Waals surface area contributed by atoms with E-state index in [0.29, 0.717) is 11.3 Å². The van der Waals surface area contributed by atoms with E-state index in [9.17, 15) is 14.0 Å². The molecule has 118 valence electrons. The van der Waals surface area contributed by atoms with Crippen LogP contribution in [0.2, 0.25) is 0 Å². The van der Waals surface area contributed by atoms with Crippen molar-refractivity contribution in [2.24, 2.45) is 5.92 Å². The molecule has 21 heavy (non-hydrogen) atoms. The number of halogens is 1. The van der Waals surface area contributed by atoms with Crippen molar-refractivity contribution >= 4 is 23.6 Å². The van der Waals surface area contributed by atoms with Gasteiger partial charge in [-0.15, -0.1) is 11.3 Å². The summed E-state index contributed by atoms with van der Waals surface area (Å²) in [6, 6.07) is 2.95. The normalized spacial score (nSPS) is 15.8. The van der Waals surface area contributed by atoms with Crippen LogP contribution in [0.15, 0.2) is 12.1 Å². The molecule has 1 fully saturated rings. The lowest BCUT2D eigenvalue weighted by Crippen LogP contribution is -2.31. The first-order chi connectivity index (χ1) is 9.83. The van der Waals surface area contributed by atoms with Crippen molar-refractivity contribution < 1.29 is 18.7 Å². The summed E-state index contributed by atoms with van der Waals surface area (Å²) in [5, 5.41) is 2.93. The molecule has 2 rings (SSSR count). The number of carbonyl (C=O) groups is 2. The highest BCUT2D eigenvalue weighted by atomic mass is 32.1. The lowest BCUT2D eigenvalue weighted by Gasteiger charge is -2.20. The molecule has 0 spiro atoms. The van der Waals surface area contributed by atoms with E-state index in [1.807, 2.05) is 20.8 Å². The number of carbonyl (C=O) groups excluding carboxylic acids is 2. The molecule has 0 amide bonds. The van der Waals surface area contributed by atoms with Crippen LogP contribution in [0.5, 0.6) is 0 Å². The van der Waals surface area contributed by atoms with Crippen LogP contribution in [0.4, 0.5) is 4.39 Å². The van der Waals surface area contributed by atoms with Crippen LogP contribution < -0.4 is 5.32 Å². The van der Waals surface area contributed by atoms with Crippen molar-refractivity contribution in [1.82, 2.24) is 5.32 Å². The zero-order chi connectivity index (χ0) is 15.9. The van der Waals surface area contributed by atoms with E-state index in [4.69, 9.17) is 0 Å². The zero-order valence-electron chi connectivity index (χ0n) is 12.6. The molecule has 1 aliphatic heterocycles. The number of ether oxygens (including phenoxy) is 1. The van der Waals surface area contributed by atoms with Gasteiger partial charge in [-0.1, -0.05) is 0 Å². The predicted molar refractivity (Wildman–Crippen MR) is 81.1 cm³/mol. The van der Waals surface area contributed by atoms with Gasteiger partial charge in [-0.25, -0.2) is 0 Å². The van der Waals surface area contributed by atoms with Crippen molar-refractivity contribution in [2.75, 3.05) is 13.1 Å². The van der Waals surface area contributed by atoms with Gasteiger partial charge in [0.2, 0.25) is 0 Å². The maximum Gasteiger partial charge on any atom is 0.293 e. The highest BCUT2D eigenvalue weighted by molar-refractivity contribution is 7.12. The van der Waals surface area contributed by atoms with Crippen molar-refractivity contribution in [3.63, 3.8) is 0 Å². The molecule has 1 saturated heterocycles. The first-order valence-corrected chi connectivity index (χ1v) is 7.77. The monoisotopic (exact) mass is 315 g/mol. The SMILES string of the molecule is CC(C)(C)OC=O.O=C(c1ccc(F)s1)C1CCNCC1. The summed E-state index contributed by atoms with van der Waals surface area (Å²) in [5.74, 6) is 0.203. The van der Waals surface area contributed by atoms with Crippen LogP contribution in [0.3, 0.4) is 0 Å². The third-order valence-electron chi connectivity index (χ3n) is 2.93. The summed E-state index contributed by atoms with van der Waals surface area (Å²) >= 11 is 0.953. The third-order valence-corrected chi connectivity index (χ3v) is 3.82. The van der Waals surface area contributed by atoms with Gasteiger partial charge in [0, 0.05) is 5.92 Å². The summed E-state index contributed by atoms with van der Waals surface area (Å²) in [5.41, 5.74) is -0.318. The fourth-order valence-corrected chi connectivity index (χ4v) is 2.63. The van der Waals surface area contributed by atoms with Crippen LogP contribution in [0, 0.1) is 11.0 Å². The Hall–Kier alpha value is -1.27. The molecule has 0 unspecified atom stereocenters. The van der Waals surface area contributed by atoms with E-state index in [2.05, 4.69) is 10.1 Å². The predicted octanol–water partition coefficient (Wildman–Crippen LogP) is 3.03. The van der Waals surface area contributed by atoms with Crippen molar-refractivity contribution in [1.29, 1.82) is 0 Å². The van der Waals surface area contributed by atoms with Gasteiger partial charge >= 0.3 is 0 Å². The maximum absolute atomic E-state index is 12.7. The van der Waals surface area contributed by atoms with Crippen LogP contribution in [0.1, 0.15) is 43.3 Å². The topological polar surface area (TPSA) is 55.4 Å². The Bertz CT molecular complexity index is 462. The lowest BCUT2D eigenvalue weighted by molar-refractivity contribution is -0.138. The molecule has 0 atom stereocenters. The number of rotatable bonds is 3.